The molecule has 0 radical (unpaired) electrons. The molecular formula is C18H12ClFN2O5. The molecule has 2 aromatic rings. The summed E-state index contributed by atoms with van der Waals surface area (Å²) in [4.78, 5) is 37.6. The summed E-state index contributed by atoms with van der Waals surface area (Å²) >= 11 is 5.91. The Balaban J connectivity index is 2.04. The fourth-order valence-corrected chi connectivity index (χ4v) is 2.70. The number of phenols is 1. The summed E-state index contributed by atoms with van der Waals surface area (Å²) in [5.41, 5.74) is 0.0444. The zero-order valence-electron chi connectivity index (χ0n) is 13.8. The van der Waals surface area contributed by atoms with Crippen LogP contribution in [0.1, 0.15) is 5.56 Å². The lowest BCUT2D eigenvalue weighted by atomic mass is 10.1. The molecular weight excluding hydrogens is 379 g/mol. The molecule has 1 aliphatic rings. The minimum Gasteiger partial charge on any atom is -0.503 e. The SMILES string of the molecule is COc1cc(/C=C2/C(=O)NC(=O)N(c3ccc(F)cc3)C2=O)cc(Cl)c1O. The maximum absolute atomic E-state index is 13.1. The third kappa shape index (κ3) is 3.47. The maximum Gasteiger partial charge on any atom is 0.335 e. The second kappa shape index (κ2) is 7.08. The first-order valence-corrected chi connectivity index (χ1v) is 7.93. The van der Waals surface area contributed by atoms with E-state index in [1.54, 1.807) is 0 Å². The monoisotopic (exact) mass is 390 g/mol. The van der Waals surface area contributed by atoms with Crippen molar-refractivity contribution < 1.29 is 28.6 Å². The van der Waals surface area contributed by atoms with E-state index in [0.29, 0.717) is 10.5 Å². The van der Waals surface area contributed by atoms with Gasteiger partial charge in [-0.3, -0.25) is 14.9 Å². The van der Waals surface area contributed by atoms with Crippen LogP contribution >= 0.6 is 11.6 Å². The van der Waals surface area contributed by atoms with Crippen LogP contribution < -0.4 is 15.0 Å². The van der Waals surface area contributed by atoms with Gasteiger partial charge in [0.25, 0.3) is 11.8 Å². The number of nitrogens with one attached hydrogen (secondary N) is 1. The van der Waals surface area contributed by atoms with Gasteiger partial charge in [-0.1, -0.05) is 11.6 Å². The van der Waals surface area contributed by atoms with Crippen LogP contribution in [0.5, 0.6) is 11.5 Å². The van der Waals surface area contributed by atoms with Crippen molar-refractivity contribution in [1.82, 2.24) is 5.32 Å². The van der Waals surface area contributed by atoms with Gasteiger partial charge in [0, 0.05) is 0 Å². The molecule has 1 aliphatic heterocycles. The maximum atomic E-state index is 13.1. The van der Waals surface area contributed by atoms with Gasteiger partial charge in [-0.15, -0.1) is 0 Å². The molecule has 0 saturated carbocycles. The van der Waals surface area contributed by atoms with Crippen LogP contribution in [0.4, 0.5) is 14.9 Å². The number of hydrogen-bond acceptors (Lipinski definition) is 5. The number of urea groups is 1. The van der Waals surface area contributed by atoms with E-state index >= 15 is 0 Å². The Morgan fingerprint density at radius 2 is 1.85 bits per heavy atom. The lowest BCUT2D eigenvalue weighted by Crippen LogP contribution is -2.54. The summed E-state index contributed by atoms with van der Waals surface area (Å²) in [6.45, 7) is 0. The summed E-state index contributed by atoms with van der Waals surface area (Å²) in [5, 5.41) is 11.8. The summed E-state index contributed by atoms with van der Waals surface area (Å²) in [6.07, 6.45) is 1.20. The normalized spacial score (nSPS) is 15.9. The Hall–Kier alpha value is -3.39. The van der Waals surface area contributed by atoms with Crippen molar-refractivity contribution in [3.05, 3.63) is 58.4 Å². The fourth-order valence-electron chi connectivity index (χ4n) is 2.48. The van der Waals surface area contributed by atoms with Crippen molar-refractivity contribution in [2.45, 2.75) is 0 Å². The van der Waals surface area contributed by atoms with E-state index < -0.39 is 23.7 Å². The number of amides is 4. The molecule has 138 valence electrons. The molecule has 4 amide bonds. The number of imide groups is 2. The highest BCUT2D eigenvalue weighted by molar-refractivity contribution is 6.39. The van der Waals surface area contributed by atoms with Gasteiger partial charge < -0.3 is 9.84 Å². The second-order valence-corrected chi connectivity index (χ2v) is 5.90. The van der Waals surface area contributed by atoms with Gasteiger partial charge in [0.15, 0.2) is 11.5 Å². The Labute approximate surface area is 157 Å². The van der Waals surface area contributed by atoms with Crippen molar-refractivity contribution in [3.8, 4) is 11.5 Å². The zero-order valence-corrected chi connectivity index (χ0v) is 14.6. The third-order valence-electron chi connectivity index (χ3n) is 3.77. The molecule has 0 spiro atoms. The Morgan fingerprint density at radius 1 is 1.19 bits per heavy atom. The van der Waals surface area contributed by atoms with E-state index in [4.69, 9.17) is 16.3 Å². The zero-order chi connectivity index (χ0) is 19.7. The lowest BCUT2D eigenvalue weighted by molar-refractivity contribution is -0.122. The first-order valence-electron chi connectivity index (χ1n) is 7.55. The molecule has 27 heavy (non-hydrogen) atoms. The molecule has 0 unspecified atom stereocenters. The van der Waals surface area contributed by atoms with Gasteiger partial charge in [0.1, 0.15) is 11.4 Å². The van der Waals surface area contributed by atoms with Gasteiger partial charge in [0.2, 0.25) is 0 Å². The predicted octanol–water partition coefficient (Wildman–Crippen LogP) is 2.86. The molecule has 7 nitrogen and oxygen atoms in total. The van der Waals surface area contributed by atoms with Crippen LogP contribution in [0.2, 0.25) is 5.02 Å². The van der Waals surface area contributed by atoms with E-state index in [1.165, 1.54) is 37.5 Å². The van der Waals surface area contributed by atoms with Crippen LogP contribution in [-0.4, -0.2) is 30.1 Å². The average Bonchev–Trinajstić information content (AvgIpc) is 2.62. The van der Waals surface area contributed by atoms with E-state index in [2.05, 4.69) is 0 Å². The number of benzene rings is 2. The molecule has 0 bridgehead atoms. The first-order chi connectivity index (χ1) is 12.8. The highest BCUT2D eigenvalue weighted by atomic mass is 35.5. The number of carbonyl (C=O) groups excluding carboxylic acids is 3. The molecule has 0 aliphatic carbocycles. The standard InChI is InChI=1S/C18H12ClFN2O5/c1-27-14-8-9(7-13(19)15(14)23)6-12-16(24)21-18(26)22(17(12)25)11-4-2-10(20)3-5-11/h2-8,23H,1H3,(H,21,24,26)/b12-6-. The number of carbonyl (C=O) groups is 3. The van der Waals surface area contributed by atoms with Crippen LogP contribution in [0.3, 0.4) is 0 Å². The summed E-state index contributed by atoms with van der Waals surface area (Å²) in [6, 6.07) is 6.39. The number of hydrogen-bond donors (Lipinski definition) is 2. The van der Waals surface area contributed by atoms with Crippen molar-refractivity contribution >= 4 is 41.2 Å². The van der Waals surface area contributed by atoms with Gasteiger partial charge in [0.05, 0.1) is 17.8 Å². The smallest absolute Gasteiger partial charge is 0.335 e. The fraction of sp³-hybridized carbons (Fsp3) is 0.0556. The lowest BCUT2D eigenvalue weighted by Gasteiger charge is -2.26. The number of aromatic hydroxyl groups is 1. The number of nitrogens with zero attached hydrogens (tertiary/aromatic N) is 1. The molecule has 1 heterocycles. The molecule has 2 aromatic carbocycles. The summed E-state index contributed by atoms with van der Waals surface area (Å²) in [5.74, 6) is -2.57. The topological polar surface area (TPSA) is 95.9 Å². The number of ether oxygens (including phenoxy) is 1. The third-order valence-corrected chi connectivity index (χ3v) is 4.06. The molecule has 1 saturated heterocycles. The molecule has 0 aromatic heterocycles. The molecule has 0 atom stereocenters. The van der Waals surface area contributed by atoms with E-state index in [0.717, 1.165) is 12.1 Å². The molecule has 2 N–H and O–H groups in total. The van der Waals surface area contributed by atoms with Crippen LogP contribution in [0.15, 0.2) is 42.0 Å². The van der Waals surface area contributed by atoms with Gasteiger partial charge >= 0.3 is 6.03 Å². The van der Waals surface area contributed by atoms with Crippen molar-refractivity contribution in [1.29, 1.82) is 0 Å². The van der Waals surface area contributed by atoms with Gasteiger partial charge in [-0.25, -0.2) is 14.1 Å². The summed E-state index contributed by atoms with van der Waals surface area (Å²) < 4.78 is 18.1. The van der Waals surface area contributed by atoms with E-state index in [-0.39, 0.29) is 27.8 Å². The molecule has 1 fully saturated rings. The Bertz CT molecular complexity index is 988. The highest BCUT2D eigenvalue weighted by Crippen LogP contribution is 2.35. The minimum atomic E-state index is -0.949. The van der Waals surface area contributed by atoms with Crippen LogP contribution in [0, 0.1) is 5.82 Å². The Morgan fingerprint density at radius 3 is 2.48 bits per heavy atom. The largest absolute Gasteiger partial charge is 0.503 e. The first kappa shape index (κ1) is 18.4. The number of anilines is 1. The number of methoxy groups -OCH3 is 1. The van der Waals surface area contributed by atoms with E-state index in [1.807, 2.05) is 5.32 Å². The van der Waals surface area contributed by atoms with Crippen LogP contribution in [0.25, 0.3) is 6.08 Å². The van der Waals surface area contributed by atoms with Crippen molar-refractivity contribution in [3.63, 3.8) is 0 Å². The van der Waals surface area contributed by atoms with Crippen LogP contribution in [-0.2, 0) is 9.59 Å². The van der Waals surface area contributed by atoms with Gasteiger partial charge in [-0.05, 0) is 48.0 Å². The number of barbiturate groups is 1. The quantitative estimate of drug-likeness (QED) is 0.620. The highest BCUT2D eigenvalue weighted by Gasteiger charge is 2.36. The van der Waals surface area contributed by atoms with Crippen molar-refractivity contribution in [2.24, 2.45) is 0 Å². The number of phenolic OH excluding ortho intramolecular Hbond substituents is 1. The predicted molar refractivity (Wildman–Crippen MR) is 95.1 cm³/mol. The summed E-state index contributed by atoms with van der Waals surface area (Å²) in [7, 11) is 1.32. The van der Waals surface area contributed by atoms with E-state index in [9.17, 15) is 23.9 Å². The molecule has 3 rings (SSSR count). The van der Waals surface area contributed by atoms with Gasteiger partial charge in [-0.2, -0.15) is 0 Å². The second-order valence-electron chi connectivity index (χ2n) is 5.49. The minimum absolute atomic E-state index is 0.0451. The molecule has 9 heteroatoms. The average molecular weight is 391 g/mol. The number of rotatable bonds is 3. The van der Waals surface area contributed by atoms with Crippen molar-refractivity contribution in [2.75, 3.05) is 12.0 Å². The Kier molecular flexibility index (Phi) is 4.83. The number of halogens is 2.